The van der Waals surface area contributed by atoms with Gasteiger partial charge < -0.3 is 16.4 Å². The van der Waals surface area contributed by atoms with Crippen molar-refractivity contribution in [3.8, 4) is 0 Å². The van der Waals surface area contributed by atoms with Crippen molar-refractivity contribution in [2.24, 2.45) is 15.7 Å². The molecule has 8 nitrogen and oxygen atoms in total. The number of aliphatic imine (C=N–C) groups is 2. The summed E-state index contributed by atoms with van der Waals surface area (Å²) < 4.78 is 0.907. The molecule has 0 spiro atoms. The maximum atomic E-state index is 12.1. The Morgan fingerprint density at radius 3 is 2.48 bits per heavy atom. The summed E-state index contributed by atoms with van der Waals surface area (Å²) in [6.45, 7) is 0. The van der Waals surface area contributed by atoms with Gasteiger partial charge in [0.25, 0.3) is 5.91 Å². The Morgan fingerprint density at radius 1 is 1.11 bits per heavy atom. The molecule has 1 aliphatic heterocycles. The summed E-state index contributed by atoms with van der Waals surface area (Å²) in [5.74, 6) is -0.559. The Kier molecular flexibility index (Phi) is 5.82. The van der Waals surface area contributed by atoms with Crippen molar-refractivity contribution in [2.45, 2.75) is 12.5 Å². The lowest BCUT2D eigenvalue weighted by molar-refractivity contribution is -0.123. The quantitative estimate of drug-likeness (QED) is 0.439. The average Bonchev–Trinajstić information content (AvgIpc) is 2.96. The molecule has 27 heavy (non-hydrogen) atoms. The van der Waals surface area contributed by atoms with Crippen molar-refractivity contribution in [3.63, 3.8) is 0 Å². The molecule has 0 fully saturated rings. The smallest absolute Gasteiger partial charge is 0.252 e. The second kappa shape index (κ2) is 8.45. The van der Waals surface area contributed by atoms with Crippen LogP contribution in [0, 0.1) is 0 Å². The first-order valence-electron chi connectivity index (χ1n) is 8.10. The number of nitrogens with one attached hydrogen (secondary N) is 3. The van der Waals surface area contributed by atoms with Crippen LogP contribution >= 0.6 is 15.9 Å². The molecule has 0 saturated carbocycles. The minimum Gasteiger partial charge on any atom is -0.369 e. The molecule has 1 aliphatic rings. The molecule has 1 heterocycles. The van der Waals surface area contributed by atoms with Gasteiger partial charge in [0.05, 0.1) is 6.42 Å². The molecule has 9 heteroatoms. The number of anilines is 2. The first kappa shape index (κ1) is 18.6. The van der Waals surface area contributed by atoms with Gasteiger partial charge in [0.2, 0.25) is 17.8 Å². The zero-order valence-electron chi connectivity index (χ0n) is 14.1. The van der Waals surface area contributed by atoms with E-state index in [4.69, 9.17) is 5.73 Å². The van der Waals surface area contributed by atoms with Crippen LogP contribution in [0.2, 0.25) is 0 Å². The highest BCUT2D eigenvalue weighted by Crippen LogP contribution is 2.15. The van der Waals surface area contributed by atoms with Gasteiger partial charge in [-0.15, -0.1) is 0 Å². The molecule has 0 bridgehead atoms. The number of nitrogens with two attached hydrogens (primary N) is 1. The lowest BCUT2D eigenvalue weighted by atomic mass is 10.2. The third-order valence-electron chi connectivity index (χ3n) is 3.60. The molecule has 0 saturated heterocycles. The van der Waals surface area contributed by atoms with Crippen LogP contribution in [0.4, 0.5) is 11.4 Å². The molecule has 3 rings (SSSR count). The second-order valence-electron chi connectivity index (χ2n) is 5.71. The Bertz CT molecular complexity index is 896. The third-order valence-corrected chi connectivity index (χ3v) is 4.12. The van der Waals surface area contributed by atoms with Crippen LogP contribution in [0.5, 0.6) is 0 Å². The normalized spacial score (nSPS) is 16.5. The van der Waals surface area contributed by atoms with E-state index in [0.717, 1.165) is 10.2 Å². The first-order chi connectivity index (χ1) is 13.0. The Morgan fingerprint density at radius 2 is 1.78 bits per heavy atom. The van der Waals surface area contributed by atoms with Gasteiger partial charge in [-0.3, -0.25) is 14.9 Å². The highest BCUT2D eigenvalue weighted by molar-refractivity contribution is 9.10. The molecule has 0 unspecified atom stereocenters. The average molecular weight is 429 g/mol. The summed E-state index contributed by atoms with van der Waals surface area (Å²) in [7, 11) is 0. The number of halogens is 1. The molecule has 1 atom stereocenters. The fourth-order valence-electron chi connectivity index (χ4n) is 2.36. The van der Waals surface area contributed by atoms with E-state index in [1.54, 1.807) is 12.1 Å². The maximum Gasteiger partial charge on any atom is 0.252 e. The van der Waals surface area contributed by atoms with Crippen LogP contribution in [0.25, 0.3) is 0 Å². The van der Waals surface area contributed by atoms with Crippen LogP contribution in [-0.4, -0.2) is 29.8 Å². The molecule has 2 aromatic carbocycles. The molecule has 138 valence electrons. The van der Waals surface area contributed by atoms with Gasteiger partial charge >= 0.3 is 0 Å². The number of hydrogen-bond donors (Lipinski definition) is 4. The van der Waals surface area contributed by atoms with E-state index in [-0.39, 0.29) is 24.2 Å². The van der Waals surface area contributed by atoms with Gasteiger partial charge in [-0.1, -0.05) is 34.1 Å². The van der Waals surface area contributed by atoms with Gasteiger partial charge in [-0.2, -0.15) is 4.99 Å². The number of carbonyl (C=O) groups excluding carboxylic acids is 2. The van der Waals surface area contributed by atoms with E-state index < -0.39 is 11.9 Å². The third kappa shape index (κ3) is 5.38. The predicted molar refractivity (Wildman–Crippen MR) is 108 cm³/mol. The van der Waals surface area contributed by atoms with Crippen LogP contribution < -0.4 is 21.7 Å². The number of carbonyl (C=O) groups is 2. The van der Waals surface area contributed by atoms with E-state index in [2.05, 4.69) is 41.9 Å². The van der Waals surface area contributed by atoms with E-state index in [1.165, 1.54) is 0 Å². The summed E-state index contributed by atoms with van der Waals surface area (Å²) in [6.07, 6.45) is -0.0903. The topological polar surface area (TPSA) is 121 Å². The van der Waals surface area contributed by atoms with E-state index in [1.807, 2.05) is 42.5 Å². The SMILES string of the molecule is NC(=NC1=N[C@H](CC(=O)Nc2ccc(Br)cc2)C(=O)N1)Nc1ccccc1. The summed E-state index contributed by atoms with van der Waals surface area (Å²) in [6, 6.07) is 15.5. The largest absolute Gasteiger partial charge is 0.369 e. The van der Waals surface area contributed by atoms with Crippen molar-refractivity contribution in [2.75, 3.05) is 10.6 Å². The highest BCUT2D eigenvalue weighted by atomic mass is 79.9. The zero-order chi connectivity index (χ0) is 19.2. The summed E-state index contributed by atoms with van der Waals surface area (Å²) >= 11 is 3.33. The number of amides is 2. The molecule has 0 radical (unpaired) electrons. The number of guanidine groups is 2. The molecule has 0 aromatic heterocycles. The zero-order valence-corrected chi connectivity index (χ0v) is 15.7. The van der Waals surface area contributed by atoms with Gasteiger partial charge in [0, 0.05) is 15.8 Å². The van der Waals surface area contributed by atoms with Crippen molar-refractivity contribution in [1.29, 1.82) is 0 Å². The monoisotopic (exact) mass is 428 g/mol. The van der Waals surface area contributed by atoms with E-state index >= 15 is 0 Å². The number of hydrogen-bond acceptors (Lipinski definition) is 4. The summed E-state index contributed by atoms with van der Waals surface area (Å²) in [4.78, 5) is 32.3. The first-order valence-corrected chi connectivity index (χ1v) is 8.89. The van der Waals surface area contributed by atoms with Gasteiger partial charge in [-0.25, -0.2) is 4.99 Å². The predicted octanol–water partition coefficient (Wildman–Crippen LogP) is 2.06. The lowest BCUT2D eigenvalue weighted by Crippen LogP contribution is -2.32. The van der Waals surface area contributed by atoms with E-state index in [9.17, 15) is 9.59 Å². The van der Waals surface area contributed by atoms with Crippen LogP contribution in [-0.2, 0) is 9.59 Å². The second-order valence-corrected chi connectivity index (χ2v) is 6.62. The fraction of sp³-hybridized carbons (Fsp3) is 0.111. The van der Waals surface area contributed by atoms with Gasteiger partial charge in [0.15, 0.2) is 0 Å². The molecular formula is C18H17BrN6O2. The molecule has 2 amide bonds. The summed E-state index contributed by atoms with van der Waals surface area (Å²) in [5, 5.41) is 8.13. The minimum atomic E-state index is -0.844. The molecular weight excluding hydrogens is 412 g/mol. The van der Waals surface area contributed by atoms with Crippen molar-refractivity contribution in [1.82, 2.24) is 5.32 Å². The van der Waals surface area contributed by atoms with Gasteiger partial charge in [0.1, 0.15) is 6.04 Å². The number of nitrogens with zero attached hydrogens (tertiary/aromatic N) is 2. The standard InChI is InChI=1S/C18H17BrN6O2/c19-11-6-8-13(9-7-11)21-15(26)10-14-16(27)24-18(23-14)25-17(20)22-12-4-2-1-3-5-12/h1-9,14H,10H2,(H,21,26)(H4,20,22,23,24,25,27)/t14-/m1/s1. The highest BCUT2D eigenvalue weighted by Gasteiger charge is 2.28. The van der Waals surface area contributed by atoms with E-state index in [0.29, 0.717) is 5.69 Å². The number of para-hydroxylation sites is 1. The Hall–Kier alpha value is -3.20. The lowest BCUT2D eigenvalue weighted by Gasteiger charge is -2.06. The van der Waals surface area contributed by atoms with Crippen LogP contribution in [0.3, 0.4) is 0 Å². The minimum absolute atomic E-state index is 0.0716. The molecule has 5 N–H and O–H groups in total. The number of benzene rings is 2. The Labute approximate surface area is 164 Å². The molecule has 0 aliphatic carbocycles. The van der Waals surface area contributed by atoms with Gasteiger partial charge in [-0.05, 0) is 36.4 Å². The van der Waals surface area contributed by atoms with Crippen molar-refractivity contribution in [3.05, 3.63) is 59.1 Å². The van der Waals surface area contributed by atoms with Crippen molar-refractivity contribution < 1.29 is 9.59 Å². The molecule has 2 aromatic rings. The van der Waals surface area contributed by atoms with Crippen molar-refractivity contribution >= 4 is 51.0 Å². The fourth-order valence-corrected chi connectivity index (χ4v) is 2.62. The maximum absolute atomic E-state index is 12.1. The van der Waals surface area contributed by atoms with Crippen LogP contribution in [0.1, 0.15) is 6.42 Å². The summed E-state index contributed by atoms with van der Waals surface area (Å²) in [5.41, 5.74) is 7.21. The van der Waals surface area contributed by atoms with Crippen LogP contribution in [0.15, 0.2) is 69.1 Å². The number of rotatable bonds is 4. The Balaban J connectivity index is 1.59.